The minimum Gasteiger partial charge on any atom is -0.457 e. The summed E-state index contributed by atoms with van der Waals surface area (Å²) in [5.41, 5.74) is 6.68. The molecule has 0 aliphatic carbocycles. The van der Waals surface area contributed by atoms with Crippen LogP contribution in [0, 0.1) is 0 Å². The summed E-state index contributed by atoms with van der Waals surface area (Å²) in [4.78, 5) is 36.0. The van der Waals surface area contributed by atoms with E-state index < -0.39 is 11.9 Å². The zero-order chi connectivity index (χ0) is 21.5. The van der Waals surface area contributed by atoms with Gasteiger partial charge in [0.15, 0.2) is 0 Å². The molecule has 0 aliphatic heterocycles. The first-order valence-corrected chi connectivity index (χ1v) is 9.23. The average Bonchev–Trinajstić information content (AvgIpc) is 2.78. The quantitative estimate of drug-likeness (QED) is 0.563. The van der Waals surface area contributed by atoms with Crippen molar-refractivity contribution in [3.8, 4) is 11.5 Å². The van der Waals surface area contributed by atoms with Crippen molar-refractivity contribution in [3.63, 3.8) is 0 Å². The van der Waals surface area contributed by atoms with Crippen LogP contribution in [0.2, 0.25) is 0 Å². The number of carbonyl (C=O) groups excluding carboxylic acids is 3. The molecule has 0 bridgehead atoms. The minimum atomic E-state index is -0.802. The van der Waals surface area contributed by atoms with Gasteiger partial charge in [-0.15, -0.1) is 0 Å². The van der Waals surface area contributed by atoms with Crippen LogP contribution in [0.3, 0.4) is 0 Å². The van der Waals surface area contributed by atoms with Crippen LogP contribution in [0.4, 0.5) is 0 Å². The second kappa shape index (κ2) is 9.38. The number of rotatable bonds is 7. The highest BCUT2D eigenvalue weighted by molar-refractivity contribution is 5.98. The van der Waals surface area contributed by atoms with Gasteiger partial charge in [0.1, 0.15) is 17.5 Å². The van der Waals surface area contributed by atoms with Gasteiger partial charge in [-0.05, 0) is 54.1 Å². The first-order chi connectivity index (χ1) is 14.5. The van der Waals surface area contributed by atoms with E-state index in [2.05, 4.69) is 10.6 Å². The summed E-state index contributed by atoms with van der Waals surface area (Å²) in [5, 5.41) is 5.32. The number of primary amides is 1. The SMILES string of the molecule is CNC(=O)C(NC(=O)c1ccc(Oc2ccc(C(N)=O)cc2)cc1)c1ccccc1. The van der Waals surface area contributed by atoms with Crippen molar-refractivity contribution >= 4 is 17.7 Å². The molecule has 3 rings (SSSR count). The van der Waals surface area contributed by atoms with Crippen LogP contribution in [0.15, 0.2) is 78.9 Å². The summed E-state index contributed by atoms with van der Waals surface area (Å²) in [7, 11) is 1.52. The van der Waals surface area contributed by atoms with Crippen molar-refractivity contribution in [3.05, 3.63) is 95.6 Å². The molecule has 0 spiro atoms. The third kappa shape index (κ3) is 5.02. The van der Waals surface area contributed by atoms with E-state index in [0.717, 1.165) is 0 Å². The van der Waals surface area contributed by atoms with Gasteiger partial charge in [-0.3, -0.25) is 14.4 Å². The number of amides is 3. The summed E-state index contributed by atoms with van der Waals surface area (Å²) in [6.07, 6.45) is 0. The van der Waals surface area contributed by atoms with E-state index in [-0.39, 0.29) is 11.8 Å². The monoisotopic (exact) mass is 403 g/mol. The van der Waals surface area contributed by atoms with E-state index in [9.17, 15) is 14.4 Å². The molecule has 7 heteroatoms. The molecule has 152 valence electrons. The normalized spacial score (nSPS) is 11.2. The van der Waals surface area contributed by atoms with Gasteiger partial charge in [0, 0.05) is 18.2 Å². The summed E-state index contributed by atoms with van der Waals surface area (Å²) in [5.74, 6) is -0.161. The van der Waals surface area contributed by atoms with Crippen LogP contribution >= 0.6 is 0 Å². The molecule has 30 heavy (non-hydrogen) atoms. The highest BCUT2D eigenvalue weighted by Gasteiger charge is 2.22. The molecule has 0 radical (unpaired) electrons. The summed E-state index contributed by atoms with van der Waals surface area (Å²) in [6.45, 7) is 0. The van der Waals surface area contributed by atoms with Crippen molar-refractivity contribution < 1.29 is 19.1 Å². The molecule has 1 atom stereocenters. The van der Waals surface area contributed by atoms with Gasteiger partial charge in [0.05, 0.1) is 0 Å². The standard InChI is InChI=1S/C23H21N3O4/c1-25-23(29)20(15-5-3-2-4-6-15)26-22(28)17-9-13-19(14-10-17)30-18-11-7-16(8-12-18)21(24)27/h2-14,20H,1H3,(H2,24,27)(H,25,29)(H,26,28). The van der Waals surface area contributed by atoms with Crippen molar-refractivity contribution in [2.24, 2.45) is 5.73 Å². The molecular weight excluding hydrogens is 382 g/mol. The molecule has 0 aromatic heterocycles. The number of likely N-dealkylation sites (N-methyl/N-ethyl adjacent to an activating group) is 1. The lowest BCUT2D eigenvalue weighted by Gasteiger charge is -2.18. The Morgan fingerprint density at radius 1 is 0.800 bits per heavy atom. The molecule has 3 aromatic rings. The van der Waals surface area contributed by atoms with Crippen LogP contribution in [-0.4, -0.2) is 24.8 Å². The Labute approximate surface area is 173 Å². The maximum atomic E-state index is 12.6. The second-order valence-electron chi connectivity index (χ2n) is 6.45. The topological polar surface area (TPSA) is 111 Å². The van der Waals surface area contributed by atoms with Crippen LogP contribution in [0.5, 0.6) is 11.5 Å². The first-order valence-electron chi connectivity index (χ1n) is 9.23. The molecule has 1 unspecified atom stereocenters. The summed E-state index contributed by atoms with van der Waals surface area (Å²) < 4.78 is 5.71. The van der Waals surface area contributed by atoms with Crippen molar-refractivity contribution in [2.75, 3.05) is 7.05 Å². The van der Waals surface area contributed by atoms with Gasteiger partial charge in [-0.1, -0.05) is 30.3 Å². The lowest BCUT2D eigenvalue weighted by molar-refractivity contribution is -0.122. The molecule has 0 fully saturated rings. The van der Waals surface area contributed by atoms with E-state index >= 15 is 0 Å². The maximum absolute atomic E-state index is 12.6. The number of ether oxygens (including phenoxy) is 1. The van der Waals surface area contributed by atoms with Gasteiger partial charge >= 0.3 is 0 Å². The Morgan fingerprint density at radius 3 is 1.83 bits per heavy atom. The fourth-order valence-electron chi connectivity index (χ4n) is 2.80. The molecular formula is C23H21N3O4. The summed E-state index contributed by atoms with van der Waals surface area (Å²) in [6, 6.07) is 21.1. The van der Waals surface area contributed by atoms with Gasteiger partial charge in [-0.25, -0.2) is 0 Å². The zero-order valence-corrected chi connectivity index (χ0v) is 16.3. The summed E-state index contributed by atoms with van der Waals surface area (Å²) >= 11 is 0. The third-order valence-electron chi connectivity index (χ3n) is 4.41. The largest absolute Gasteiger partial charge is 0.457 e. The fourth-order valence-corrected chi connectivity index (χ4v) is 2.80. The van der Waals surface area contributed by atoms with Crippen LogP contribution in [0.25, 0.3) is 0 Å². The van der Waals surface area contributed by atoms with Crippen molar-refractivity contribution in [1.29, 1.82) is 0 Å². The zero-order valence-electron chi connectivity index (χ0n) is 16.3. The minimum absolute atomic E-state index is 0.311. The predicted molar refractivity (Wildman–Crippen MR) is 112 cm³/mol. The molecule has 0 saturated carbocycles. The first kappa shape index (κ1) is 20.6. The molecule has 3 amide bonds. The van der Waals surface area contributed by atoms with Gasteiger partial charge < -0.3 is 21.1 Å². The Kier molecular flexibility index (Phi) is 6.44. The predicted octanol–water partition coefficient (Wildman–Crippen LogP) is 2.79. The Hall–Kier alpha value is -4.13. The van der Waals surface area contributed by atoms with Gasteiger partial charge in [0.25, 0.3) is 5.91 Å². The molecule has 3 aromatic carbocycles. The second-order valence-corrected chi connectivity index (χ2v) is 6.45. The van der Waals surface area contributed by atoms with E-state index in [1.54, 1.807) is 72.8 Å². The average molecular weight is 403 g/mol. The molecule has 7 nitrogen and oxygen atoms in total. The molecule has 0 heterocycles. The Morgan fingerprint density at radius 2 is 1.33 bits per heavy atom. The third-order valence-corrected chi connectivity index (χ3v) is 4.41. The number of benzene rings is 3. The number of hydrogen-bond donors (Lipinski definition) is 3. The van der Waals surface area contributed by atoms with Crippen molar-refractivity contribution in [1.82, 2.24) is 10.6 Å². The number of nitrogens with one attached hydrogen (secondary N) is 2. The van der Waals surface area contributed by atoms with E-state index in [1.165, 1.54) is 7.05 Å². The van der Waals surface area contributed by atoms with E-state index in [0.29, 0.717) is 28.2 Å². The van der Waals surface area contributed by atoms with Gasteiger partial charge in [-0.2, -0.15) is 0 Å². The smallest absolute Gasteiger partial charge is 0.252 e. The Balaban J connectivity index is 1.69. The fraction of sp³-hybridized carbons (Fsp3) is 0.0870. The Bertz CT molecular complexity index is 1030. The lowest BCUT2D eigenvalue weighted by atomic mass is 10.1. The highest BCUT2D eigenvalue weighted by Crippen LogP contribution is 2.22. The van der Waals surface area contributed by atoms with E-state index in [1.807, 2.05) is 6.07 Å². The maximum Gasteiger partial charge on any atom is 0.252 e. The lowest BCUT2D eigenvalue weighted by Crippen LogP contribution is -2.39. The number of nitrogens with two attached hydrogens (primary N) is 1. The number of carbonyl (C=O) groups is 3. The molecule has 0 aliphatic rings. The molecule has 4 N–H and O–H groups in total. The van der Waals surface area contributed by atoms with Crippen molar-refractivity contribution in [2.45, 2.75) is 6.04 Å². The molecule has 0 saturated heterocycles. The van der Waals surface area contributed by atoms with Crippen LogP contribution < -0.4 is 21.1 Å². The van der Waals surface area contributed by atoms with Gasteiger partial charge in [0.2, 0.25) is 11.8 Å². The highest BCUT2D eigenvalue weighted by atomic mass is 16.5. The number of hydrogen-bond acceptors (Lipinski definition) is 4. The van der Waals surface area contributed by atoms with Crippen LogP contribution in [0.1, 0.15) is 32.3 Å². The van der Waals surface area contributed by atoms with E-state index in [4.69, 9.17) is 10.5 Å². The van der Waals surface area contributed by atoms with Crippen LogP contribution in [-0.2, 0) is 4.79 Å².